The van der Waals surface area contributed by atoms with Crippen molar-refractivity contribution in [1.29, 1.82) is 0 Å². The van der Waals surface area contributed by atoms with Crippen LogP contribution in [0.1, 0.15) is 27.7 Å². The first-order valence-electron chi connectivity index (χ1n) is 4.39. The standard InChI is InChI=1S/C9H16N2O3/c1-6(2)13-8(5)10-11-9(12)14-7(3)4/h6-7H,5H2,1-4H3/b11-10+. The van der Waals surface area contributed by atoms with E-state index in [9.17, 15) is 4.79 Å². The zero-order chi connectivity index (χ0) is 11.1. The number of azo groups is 1. The Balaban J connectivity index is 3.92. The maximum Gasteiger partial charge on any atom is 0.452 e. The van der Waals surface area contributed by atoms with Crippen LogP contribution in [0.4, 0.5) is 4.79 Å². The maximum absolute atomic E-state index is 10.9. The molecule has 0 aromatic rings. The van der Waals surface area contributed by atoms with Crippen LogP contribution in [0.3, 0.4) is 0 Å². The molecule has 0 saturated carbocycles. The number of rotatable bonds is 4. The summed E-state index contributed by atoms with van der Waals surface area (Å²) in [7, 11) is 0. The first-order valence-corrected chi connectivity index (χ1v) is 4.39. The molecule has 0 aromatic heterocycles. The molecule has 0 aromatic carbocycles. The highest BCUT2D eigenvalue weighted by molar-refractivity contribution is 5.67. The molecule has 0 bridgehead atoms. The van der Waals surface area contributed by atoms with Crippen molar-refractivity contribution in [3.05, 3.63) is 12.5 Å². The Bertz CT molecular complexity index is 210. The van der Waals surface area contributed by atoms with Crippen molar-refractivity contribution in [1.82, 2.24) is 0 Å². The first-order chi connectivity index (χ1) is 6.41. The van der Waals surface area contributed by atoms with Gasteiger partial charge in [0.25, 0.3) is 0 Å². The van der Waals surface area contributed by atoms with Crippen LogP contribution in [0, 0.1) is 0 Å². The van der Waals surface area contributed by atoms with E-state index in [2.05, 4.69) is 16.8 Å². The van der Waals surface area contributed by atoms with Gasteiger partial charge in [-0.2, -0.15) is 0 Å². The summed E-state index contributed by atoms with van der Waals surface area (Å²) in [6.45, 7) is 10.6. The van der Waals surface area contributed by atoms with E-state index in [0.29, 0.717) is 0 Å². The largest absolute Gasteiger partial charge is 0.474 e. The van der Waals surface area contributed by atoms with E-state index in [1.807, 2.05) is 13.8 Å². The van der Waals surface area contributed by atoms with Gasteiger partial charge >= 0.3 is 6.09 Å². The second-order valence-corrected chi connectivity index (χ2v) is 3.19. The van der Waals surface area contributed by atoms with Gasteiger partial charge in [0, 0.05) is 0 Å². The van der Waals surface area contributed by atoms with Crippen molar-refractivity contribution in [3.63, 3.8) is 0 Å². The van der Waals surface area contributed by atoms with Crippen LogP contribution in [-0.4, -0.2) is 18.3 Å². The van der Waals surface area contributed by atoms with Gasteiger partial charge in [0.1, 0.15) is 0 Å². The normalized spacial score (nSPS) is 11.0. The lowest BCUT2D eigenvalue weighted by molar-refractivity contribution is 0.120. The molecular weight excluding hydrogens is 184 g/mol. The summed E-state index contributed by atoms with van der Waals surface area (Å²) in [5, 5.41) is 6.71. The molecule has 0 unspecified atom stereocenters. The third-order valence-electron chi connectivity index (χ3n) is 0.951. The topological polar surface area (TPSA) is 60.2 Å². The van der Waals surface area contributed by atoms with Gasteiger partial charge in [0.05, 0.1) is 12.2 Å². The summed E-state index contributed by atoms with van der Waals surface area (Å²) in [6.07, 6.45) is -0.989. The number of hydrogen-bond acceptors (Lipinski definition) is 4. The summed E-state index contributed by atoms with van der Waals surface area (Å²) in [6, 6.07) is 0. The molecule has 0 aliphatic rings. The molecule has 0 atom stereocenters. The highest BCUT2D eigenvalue weighted by atomic mass is 16.6. The van der Waals surface area contributed by atoms with Gasteiger partial charge in [0.15, 0.2) is 0 Å². The Labute approximate surface area is 83.8 Å². The Morgan fingerprint density at radius 1 is 1.07 bits per heavy atom. The van der Waals surface area contributed by atoms with Crippen LogP contribution < -0.4 is 0 Å². The monoisotopic (exact) mass is 200 g/mol. The van der Waals surface area contributed by atoms with Gasteiger partial charge in [-0.1, -0.05) is 5.11 Å². The molecule has 0 radical (unpaired) electrons. The Hall–Kier alpha value is -1.39. The minimum Gasteiger partial charge on any atom is -0.474 e. The van der Waals surface area contributed by atoms with Gasteiger partial charge in [0.2, 0.25) is 5.88 Å². The van der Waals surface area contributed by atoms with Crippen molar-refractivity contribution in [3.8, 4) is 0 Å². The zero-order valence-electron chi connectivity index (χ0n) is 8.98. The average Bonchev–Trinajstić information content (AvgIpc) is 1.98. The van der Waals surface area contributed by atoms with Gasteiger partial charge < -0.3 is 9.47 Å². The van der Waals surface area contributed by atoms with Crippen molar-refractivity contribution in [2.45, 2.75) is 39.9 Å². The van der Waals surface area contributed by atoms with E-state index < -0.39 is 6.09 Å². The van der Waals surface area contributed by atoms with Gasteiger partial charge in [-0.15, -0.1) is 5.11 Å². The van der Waals surface area contributed by atoms with Crippen LogP contribution in [0.15, 0.2) is 22.7 Å². The molecule has 5 heteroatoms. The number of carbonyl (C=O) groups excluding carboxylic acids is 1. The Morgan fingerprint density at radius 3 is 2.00 bits per heavy atom. The molecule has 0 aliphatic heterocycles. The lowest BCUT2D eigenvalue weighted by atomic mass is 10.5. The number of carbonyl (C=O) groups is 1. The number of hydrogen-bond donors (Lipinski definition) is 0. The maximum atomic E-state index is 10.9. The number of ether oxygens (including phenoxy) is 2. The van der Waals surface area contributed by atoms with Gasteiger partial charge in [-0.05, 0) is 34.3 Å². The predicted molar refractivity (Wildman–Crippen MR) is 51.8 cm³/mol. The van der Waals surface area contributed by atoms with Crippen LogP contribution in [0.5, 0.6) is 0 Å². The minimum atomic E-state index is -0.742. The molecule has 0 fully saturated rings. The quantitative estimate of drug-likeness (QED) is 0.517. The number of amides is 1. The van der Waals surface area contributed by atoms with E-state index in [0.717, 1.165) is 0 Å². The van der Waals surface area contributed by atoms with Crippen molar-refractivity contribution in [2.24, 2.45) is 10.2 Å². The van der Waals surface area contributed by atoms with E-state index in [1.54, 1.807) is 13.8 Å². The highest BCUT2D eigenvalue weighted by Gasteiger charge is 2.03. The molecule has 0 heterocycles. The summed E-state index contributed by atoms with van der Waals surface area (Å²) in [4.78, 5) is 10.9. The third-order valence-corrected chi connectivity index (χ3v) is 0.951. The third kappa shape index (κ3) is 7.27. The lowest BCUT2D eigenvalue weighted by Crippen LogP contribution is -2.07. The van der Waals surface area contributed by atoms with Crippen LogP contribution in [0.2, 0.25) is 0 Å². The molecule has 0 saturated heterocycles. The average molecular weight is 200 g/mol. The van der Waals surface area contributed by atoms with Crippen molar-refractivity contribution in [2.75, 3.05) is 0 Å². The molecule has 0 N–H and O–H groups in total. The van der Waals surface area contributed by atoms with E-state index in [-0.39, 0.29) is 18.1 Å². The molecular formula is C9H16N2O3. The van der Waals surface area contributed by atoms with Crippen LogP contribution in [-0.2, 0) is 9.47 Å². The lowest BCUT2D eigenvalue weighted by Gasteiger charge is -2.06. The first kappa shape index (κ1) is 12.6. The fourth-order valence-electron chi connectivity index (χ4n) is 0.617. The van der Waals surface area contributed by atoms with Crippen molar-refractivity contribution >= 4 is 6.09 Å². The second kappa shape index (κ2) is 6.12. The van der Waals surface area contributed by atoms with Crippen LogP contribution >= 0.6 is 0 Å². The summed E-state index contributed by atoms with van der Waals surface area (Å²) in [5.41, 5.74) is 0. The molecule has 5 nitrogen and oxygen atoms in total. The van der Waals surface area contributed by atoms with E-state index in [1.165, 1.54) is 0 Å². The molecule has 1 amide bonds. The fourth-order valence-corrected chi connectivity index (χ4v) is 0.617. The van der Waals surface area contributed by atoms with Gasteiger partial charge in [-0.25, -0.2) is 4.79 Å². The molecule has 14 heavy (non-hydrogen) atoms. The van der Waals surface area contributed by atoms with E-state index >= 15 is 0 Å². The summed E-state index contributed by atoms with van der Waals surface area (Å²) < 4.78 is 9.75. The van der Waals surface area contributed by atoms with Crippen LogP contribution in [0.25, 0.3) is 0 Å². The zero-order valence-corrected chi connectivity index (χ0v) is 8.98. The van der Waals surface area contributed by atoms with Crippen molar-refractivity contribution < 1.29 is 14.3 Å². The Kier molecular flexibility index (Phi) is 5.52. The predicted octanol–water partition coefficient (Wildman–Crippen LogP) is 2.88. The fraction of sp³-hybridized carbons (Fsp3) is 0.667. The Morgan fingerprint density at radius 2 is 1.57 bits per heavy atom. The molecule has 80 valence electrons. The van der Waals surface area contributed by atoms with E-state index in [4.69, 9.17) is 9.47 Å². The highest BCUT2D eigenvalue weighted by Crippen LogP contribution is 2.02. The second-order valence-electron chi connectivity index (χ2n) is 3.19. The smallest absolute Gasteiger partial charge is 0.452 e. The SMILES string of the molecule is C=C(/N=N/C(=O)OC(C)C)OC(C)C. The molecule has 0 rings (SSSR count). The molecule has 0 aliphatic carbocycles. The van der Waals surface area contributed by atoms with Gasteiger partial charge in [-0.3, -0.25) is 0 Å². The minimum absolute atomic E-state index is 0.0393. The summed E-state index contributed by atoms with van der Waals surface area (Å²) >= 11 is 0. The number of nitrogens with zero attached hydrogens (tertiary/aromatic N) is 2. The molecule has 0 spiro atoms. The summed E-state index contributed by atoms with van der Waals surface area (Å²) in [5.74, 6) is 0.0979.